The van der Waals surface area contributed by atoms with E-state index < -0.39 is 0 Å². The van der Waals surface area contributed by atoms with Crippen LogP contribution in [0.1, 0.15) is 37.3 Å². The highest BCUT2D eigenvalue weighted by Crippen LogP contribution is 2.27. The topological polar surface area (TPSA) is 12.9 Å². The Morgan fingerprint density at radius 2 is 2.00 bits per heavy atom. The second kappa shape index (κ2) is 5.97. The molecule has 0 unspecified atom stereocenters. The number of hydrogen-bond donors (Lipinski definition) is 0. The number of unbranched alkanes of at least 4 members (excludes halogenated alkanes) is 1. The summed E-state index contributed by atoms with van der Waals surface area (Å²) in [4.78, 5) is 7.30. The quantitative estimate of drug-likeness (QED) is 0.743. The van der Waals surface area contributed by atoms with Gasteiger partial charge in [0.2, 0.25) is 0 Å². The van der Waals surface area contributed by atoms with Gasteiger partial charge in [-0.25, -0.2) is 0 Å². The molecule has 90 valence electrons. The van der Waals surface area contributed by atoms with Crippen molar-refractivity contribution in [1.29, 1.82) is 0 Å². The van der Waals surface area contributed by atoms with E-state index in [0.717, 1.165) is 12.8 Å². The molecule has 0 atom stereocenters. The first-order valence-electron chi connectivity index (χ1n) is 6.37. The van der Waals surface area contributed by atoms with Crippen molar-refractivity contribution in [1.82, 2.24) is 4.98 Å². The van der Waals surface area contributed by atoms with Crippen molar-refractivity contribution in [3.63, 3.8) is 0 Å². The minimum atomic E-state index is 1.10. The van der Waals surface area contributed by atoms with Crippen LogP contribution >= 0.6 is 11.3 Å². The van der Waals surface area contributed by atoms with Crippen LogP contribution in [-0.4, -0.2) is 4.98 Å². The van der Waals surface area contributed by atoms with Crippen molar-refractivity contribution in [3.8, 4) is 10.4 Å². The zero-order chi connectivity index (χ0) is 12.1. The minimum absolute atomic E-state index is 1.10. The standard InChI is InChI=1S/C15H19NS/c1-3-5-6-13-8-7-12(11-16-13)15-10-9-14(4-2)17-15/h7-11H,3-6H2,1-2H3. The third kappa shape index (κ3) is 3.16. The molecule has 0 radical (unpaired) electrons. The zero-order valence-corrected chi connectivity index (χ0v) is 11.4. The second-order valence-electron chi connectivity index (χ2n) is 4.26. The van der Waals surface area contributed by atoms with Gasteiger partial charge in [-0.2, -0.15) is 0 Å². The van der Waals surface area contributed by atoms with Crippen molar-refractivity contribution in [2.24, 2.45) is 0 Å². The highest BCUT2D eigenvalue weighted by molar-refractivity contribution is 7.15. The van der Waals surface area contributed by atoms with E-state index in [4.69, 9.17) is 0 Å². The van der Waals surface area contributed by atoms with Crippen LogP contribution < -0.4 is 0 Å². The van der Waals surface area contributed by atoms with Crippen molar-refractivity contribution in [2.45, 2.75) is 39.5 Å². The van der Waals surface area contributed by atoms with E-state index in [1.807, 2.05) is 17.5 Å². The van der Waals surface area contributed by atoms with Gasteiger partial charge in [0.25, 0.3) is 0 Å². The SMILES string of the molecule is CCCCc1ccc(-c2ccc(CC)s2)cn1. The monoisotopic (exact) mass is 245 g/mol. The molecule has 0 bridgehead atoms. The summed E-state index contributed by atoms with van der Waals surface area (Å²) in [5.74, 6) is 0. The smallest absolute Gasteiger partial charge is 0.0404 e. The summed E-state index contributed by atoms with van der Waals surface area (Å²) < 4.78 is 0. The number of aromatic nitrogens is 1. The molecule has 0 amide bonds. The average Bonchev–Trinajstić information content (AvgIpc) is 2.86. The van der Waals surface area contributed by atoms with E-state index in [-0.39, 0.29) is 0 Å². The predicted molar refractivity (Wildman–Crippen MR) is 75.5 cm³/mol. The molecular weight excluding hydrogens is 226 g/mol. The predicted octanol–water partition coefficient (Wildman–Crippen LogP) is 4.72. The largest absolute Gasteiger partial charge is 0.261 e. The Morgan fingerprint density at radius 3 is 2.59 bits per heavy atom. The fourth-order valence-corrected chi connectivity index (χ4v) is 2.74. The van der Waals surface area contributed by atoms with Gasteiger partial charge in [0, 0.05) is 27.2 Å². The van der Waals surface area contributed by atoms with E-state index in [0.29, 0.717) is 0 Å². The molecule has 0 fully saturated rings. The van der Waals surface area contributed by atoms with Gasteiger partial charge >= 0.3 is 0 Å². The van der Waals surface area contributed by atoms with Gasteiger partial charge in [-0.1, -0.05) is 26.3 Å². The Labute approximate surface area is 108 Å². The molecule has 0 N–H and O–H groups in total. The molecule has 2 aromatic heterocycles. The van der Waals surface area contributed by atoms with Crippen molar-refractivity contribution in [3.05, 3.63) is 41.0 Å². The number of pyridine rings is 1. The molecule has 0 aliphatic rings. The molecule has 2 aromatic rings. The summed E-state index contributed by atoms with van der Waals surface area (Å²) >= 11 is 1.87. The fraction of sp³-hybridized carbons (Fsp3) is 0.400. The maximum atomic E-state index is 4.53. The highest BCUT2D eigenvalue weighted by atomic mass is 32.1. The summed E-state index contributed by atoms with van der Waals surface area (Å²) in [6.45, 7) is 4.41. The highest BCUT2D eigenvalue weighted by Gasteiger charge is 2.02. The molecular formula is C15H19NS. The van der Waals surface area contributed by atoms with Crippen LogP contribution in [0.2, 0.25) is 0 Å². The third-order valence-electron chi connectivity index (χ3n) is 2.91. The lowest BCUT2D eigenvalue weighted by atomic mass is 10.1. The Kier molecular flexibility index (Phi) is 4.32. The lowest BCUT2D eigenvalue weighted by molar-refractivity contribution is 0.777. The molecule has 0 saturated heterocycles. The van der Waals surface area contributed by atoms with Gasteiger partial charge in [0.15, 0.2) is 0 Å². The molecule has 2 rings (SSSR count). The number of aryl methyl sites for hydroxylation is 2. The van der Waals surface area contributed by atoms with Gasteiger partial charge in [-0.3, -0.25) is 4.98 Å². The van der Waals surface area contributed by atoms with Gasteiger partial charge in [-0.05, 0) is 37.5 Å². The van der Waals surface area contributed by atoms with Crippen LogP contribution in [0.25, 0.3) is 10.4 Å². The van der Waals surface area contributed by atoms with Crippen LogP contribution in [0.15, 0.2) is 30.5 Å². The van der Waals surface area contributed by atoms with Gasteiger partial charge in [0.1, 0.15) is 0 Å². The molecule has 2 heterocycles. The van der Waals surface area contributed by atoms with Crippen LogP contribution in [0.5, 0.6) is 0 Å². The lowest BCUT2D eigenvalue weighted by Crippen LogP contribution is -1.89. The first kappa shape index (κ1) is 12.3. The Hall–Kier alpha value is -1.15. The van der Waals surface area contributed by atoms with Crippen LogP contribution in [0, 0.1) is 0 Å². The molecule has 0 aromatic carbocycles. The zero-order valence-electron chi connectivity index (χ0n) is 10.6. The van der Waals surface area contributed by atoms with Crippen LogP contribution in [0.3, 0.4) is 0 Å². The molecule has 17 heavy (non-hydrogen) atoms. The Balaban J connectivity index is 2.11. The molecule has 0 spiro atoms. The van der Waals surface area contributed by atoms with Crippen molar-refractivity contribution in [2.75, 3.05) is 0 Å². The first-order valence-corrected chi connectivity index (χ1v) is 7.19. The van der Waals surface area contributed by atoms with Crippen LogP contribution in [-0.2, 0) is 12.8 Å². The summed E-state index contributed by atoms with van der Waals surface area (Å²) in [5.41, 5.74) is 2.46. The van der Waals surface area contributed by atoms with Gasteiger partial charge in [0.05, 0.1) is 0 Å². The summed E-state index contributed by atoms with van der Waals surface area (Å²) in [5, 5.41) is 0. The number of thiophene rings is 1. The maximum absolute atomic E-state index is 4.53. The van der Waals surface area contributed by atoms with Gasteiger partial charge < -0.3 is 0 Å². The number of rotatable bonds is 5. The third-order valence-corrected chi connectivity index (χ3v) is 4.18. The molecule has 2 heteroatoms. The lowest BCUT2D eigenvalue weighted by Gasteiger charge is -2.01. The minimum Gasteiger partial charge on any atom is -0.261 e. The maximum Gasteiger partial charge on any atom is 0.0404 e. The van der Waals surface area contributed by atoms with E-state index in [2.05, 4.69) is 43.1 Å². The van der Waals surface area contributed by atoms with Crippen LogP contribution in [0.4, 0.5) is 0 Å². The summed E-state index contributed by atoms with van der Waals surface area (Å²) in [7, 11) is 0. The Bertz CT molecular complexity index is 456. The number of nitrogens with zero attached hydrogens (tertiary/aromatic N) is 1. The number of hydrogen-bond acceptors (Lipinski definition) is 2. The molecule has 0 aliphatic carbocycles. The van der Waals surface area contributed by atoms with E-state index in [1.165, 1.54) is 33.9 Å². The van der Waals surface area contributed by atoms with E-state index in [1.54, 1.807) is 0 Å². The molecule has 0 saturated carbocycles. The molecule has 0 aliphatic heterocycles. The summed E-state index contributed by atoms with van der Waals surface area (Å²) in [6.07, 6.45) is 6.68. The second-order valence-corrected chi connectivity index (χ2v) is 5.43. The molecule has 1 nitrogen and oxygen atoms in total. The van der Waals surface area contributed by atoms with E-state index >= 15 is 0 Å². The Morgan fingerprint density at radius 1 is 1.12 bits per heavy atom. The normalized spacial score (nSPS) is 10.7. The van der Waals surface area contributed by atoms with Gasteiger partial charge in [-0.15, -0.1) is 11.3 Å². The first-order chi connectivity index (χ1) is 8.33. The fourth-order valence-electron chi connectivity index (χ4n) is 1.80. The summed E-state index contributed by atoms with van der Waals surface area (Å²) in [6, 6.07) is 8.77. The van der Waals surface area contributed by atoms with Crippen molar-refractivity contribution < 1.29 is 0 Å². The van der Waals surface area contributed by atoms with E-state index in [9.17, 15) is 0 Å². The van der Waals surface area contributed by atoms with Crippen molar-refractivity contribution >= 4 is 11.3 Å². The average molecular weight is 245 g/mol.